The predicted molar refractivity (Wildman–Crippen MR) is 63.9 cm³/mol. The van der Waals surface area contributed by atoms with Crippen molar-refractivity contribution in [2.24, 2.45) is 0 Å². The van der Waals surface area contributed by atoms with Crippen LogP contribution in [0.3, 0.4) is 0 Å². The molecule has 1 aromatic rings. The molecule has 0 radical (unpaired) electrons. The predicted octanol–water partition coefficient (Wildman–Crippen LogP) is 1.66. The second-order valence-corrected chi connectivity index (χ2v) is 4.14. The maximum atomic E-state index is 11.4. The van der Waals surface area contributed by atoms with Gasteiger partial charge in [0.15, 0.2) is 0 Å². The SMILES string of the molecule is COc1ccccc1C(C)NC1CCOC1=O. The number of rotatable bonds is 4. The minimum atomic E-state index is -0.199. The molecule has 0 aliphatic carbocycles. The van der Waals surface area contributed by atoms with Crippen molar-refractivity contribution in [2.45, 2.75) is 25.4 Å². The first kappa shape index (κ1) is 11.9. The average Bonchev–Trinajstić information content (AvgIpc) is 2.75. The lowest BCUT2D eigenvalue weighted by atomic mass is 10.1. The van der Waals surface area contributed by atoms with Crippen molar-refractivity contribution in [1.29, 1.82) is 0 Å². The van der Waals surface area contributed by atoms with Crippen molar-refractivity contribution in [1.82, 2.24) is 5.32 Å². The molecule has 0 bridgehead atoms. The van der Waals surface area contributed by atoms with Gasteiger partial charge in [0, 0.05) is 18.0 Å². The normalized spacial score (nSPS) is 21.1. The van der Waals surface area contributed by atoms with Crippen LogP contribution in [0.5, 0.6) is 5.75 Å². The van der Waals surface area contributed by atoms with E-state index in [1.54, 1.807) is 7.11 Å². The van der Waals surface area contributed by atoms with Crippen molar-refractivity contribution in [3.8, 4) is 5.75 Å². The highest BCUT2D eigenvalue weighted by Gasteiger charge is 2.28. The number of benzene rings is 1. The van der Waals surface area contributed by atoms with E-state index in [0.717, 1.165) is 17.7 Å². The molecular weight excluding hydrogens is 218 g/mol. The molecular formula is C13H17NO3. The van der Waals surface area contributed by atoms with Gasteiger partial charge in [0.2, 0.25) is 0 Å². The van der Waals surface area contributed by atoms with E-state index in [1.807, 2.05) is 31.2 Å². The third kappa shape index (κ3) is 2.58. The smallest absolute Gasteiger partial charge is 0.323 e. The number of carbonyl (C=O) groups is 1. The van der Waals surface area contributed by atoms with Crippen LogP contribution in [0.2, 0.25) is 0 Å². The lowest BCUT2D eigenvalue weighted by Gasteiger charge is -2.19. The van der Waals surface area contributed by atoms with Crippen LogP contribution in [0, 0.1) is 0 Å². The first-order chi connectivity index (χ1) is 8.22. The molecule has 0 saturated carbocycles. The number of hydrogen-bond donors (Lipinski definition) is 1. The molecule has 2 rings (SSSR count). The van der Waals surface area contributed by atoms with Crippen LogP contribution in [-0.2, 0) is 9.53 Å². The molecule has 1 saturated heterocycles. The zero-order chi connectivity index (χ0) is 12.3. The Morgan fingerprint density at radius 2 is 2.24 bits per heavy atom. The van der Waals surface area contributed by atoms with Crippen molar-refractivity contribution >= 4 is 5.97 Å². The number of para-hydroxylation sites is 1. The molecule has 4 nitrogen and oxygen atoms in total. The van der Waals surface area contributed by atoms with Gasteiger partial charge in [-0.15, -0.1) is 0 Å². The lowest BCUT2D eigenvalue weighted by molar-refractivity contribution is -0.139. The van der Waals surface area contributed by atoms with Gasteiger partial charge in [-0.3, -0.25) is 10.1 Å². The van der Waals surface area contributed by atoms with Gasteiger partial charge in [-0.2, -0.15) is 0 Å². The summed E-state index contributed by atoms with van der Waals surface area (Å²) in [6.07, 6.45) is 0.734. The molecule has 2 unspecified atom stereocenters. The molecule has 1 aromatic carbocycles. The van der Waals surface area contributed by atoms with E-state index < -0.39 is 0 Å². The maximum Gasteiger partial charge on any atom is 0.323 e. The molecule has 2 atom stereocenters. The third-order valence-corrected chi connectivity index (χ3v) is 2.99. The summed E-state index contributed by atoms with van der Waals surface area (Å²) in [5, 5.41) is 3.27. The molecule has 0 aromatic heterocycles. The van der Waals surface area contributed by atoms with E-state index in [-0.39, 0.29) is 18.1 Å². The number of cyclic esters (lactones) is 1. The number of esters is 1. The minimum absolute atomic E-state index is 0.0572. The Kier molecular flexibility index (Phi) is 3.64. The van der Waals surface area contributed by atoms with Gasteiger partial charge in [0.1, 0.15) is 11.8 Å². The van der Waals surface area contributed by atoms with Crippen molar-refractivity contribution in [3.63, 3.8) is 0 Å². The van der Waals surface area contributed by atoms with Gasteiger partial charge in [-0.25, -0.2) is 0 Å². The number of nitrogens with one attached hydrogen (secondary N) is 1. The van der Waals surface area contributed by atoms with E-state index in [0.29, 0.717) is 6.61 Å². The Morgan fingerprint density at radius 3 is 2.88 bits per heavy atom. The summed E-state index contributed by atoms with van der Waals surface area (Å²) < 4.78 is 10.2. The number of methoxy groups -OCH3 is 1. The molecule has 4 heteroatoms. The average molecular weight is 235 g/mol. The number of ether oxygens (including phenoxy) is 2. The highest BCUT2D eigenvalue weighted by Crippen LogP contribution is 2.25. The first-order valence-electron chi connectivity index (χ1n) is 5.78. The molecule has 0 amide bonds. The van der Waals surface area contributed by atoms with Crippen LogP contribution < -0.4 is 10.1 Å². The highest BCUT2D eigenvalue weighted by atomic mass is 16.5. The van der Waals surface area contributed by atoms with E-state index in [1.165, 1.54) is 0 Å². The fourth-order valence-corrected chi connectivity index (χ4v) is 2.06. The largest absolute Gasteiger partial charge is 0.496 e. The Balaban J connectivity index is 2.08. The quantitative estimate of drug-likeness (QED) is 0.806. The zero-order valence-corrected chi connectivity index (χ0v) is 10.1. The summed E-state index contributed by atoms with van der Waals surface area (Å²) in [4.78, 5) is 11.4. The second kappa shape index (κ2) is 5.19. The first-order valence-corrected chi connectivity index (χ1v) is 5.78. The van der Waals surface area contributed by atoms with Crippen LogP contribution in [0.25, 0.3) is 0 Å². The Morgan fingerprint density at radius 1 is 1.47 bits per heavy atom. The number of carbonyl (C=O) groups excluding carboxylic acids is 1. The summed E-state index contributed by atoms with van der Waals surface area (Å²) >= 11 is 0. The van der Waals surface area contributed by atoms with E-state index in [2.05, 4.69) is 5.32 Å². The maximum absolute atomic E-state index is 11.4. The Hall–Kier alpha value is -1.55. The van der Waals surface area contributed by atoms with Crippen LogP contribution >= 0.6 is 0 Å². The van der Waals surface area contributed by atoms with Crippen LogP contribution in [-0.4, -0.2) is 25.7 Å². The molecule has 1 N–H and O–H groups in total. The van der Waals surface area contributed by atoms with Gasteiger partial charge < -0.3 is 9.47 Å². The highest BCUT2D eigenvalue weighted by molar-refractivity contribution is 5.77. The topological polar surface area (TPSA) is 47.6 Å². The zero-order valence-electron chi connectivity index (χ0n) is 10.1. The van der Waals surface area contributed by atoms with Gasteiger partial charge >= 0.3 is 5.97 Å². The van der Waals surface area contributed by atoms with Gasteiger partial charge in [-0.05, 0) is 13.0 Å². The summed E-state index contributed by atoms with van der Waals surface area (Å²) in [5.74, 6) is 0.672. The number of hydrogen-bond acceptors (Lipinski definition) is 4. The summed E-state index contributed by atoms with van der Waals surface area (Å²) in [5.41, 5.74) is 1.05. The molecule has 17 heavy (non-hydrogen) atoms. The van der Waals surface area contributed by atoms with E-state index in [4.69, 9.17) is 9.47 Å². The van der Waals surface area contributed by atoms with Crippen LogP contribution in [0.15, 0.2) is 24.3 Å². The third-order valence-electron chi connectivity index (χ3n) is 2.99. The molecule has 1 fully saturated rings. The van der Waals surface area contributed by atoms with Gasteiger partial charge in [0.05, 0.1) is 13.7 Å². The monoisotopic (exact) mass is 235 g/mol. The van der Waals surface area contributed by atoms with Crippen LogP contribution in [0.4, 0.5) is 0 Å². The summed E-state index contributed by atoms with van der Waals surface area (Å²) in [7, 11) is 1.65. The summed E-state index contributed by atoms with van der Waals surface area (Å²) in [6.45, 7) is 2.53. The lowest BCUT2D eigenvalue weighted by Crippen LogP contribution is -2.35. The van der Waals surface area contributed by atoms with E-state index >= 15 is 0 Å². The molecule has 1 aliphatic rings. The second-order valence-electron chi connectivity index (χ2n) is 4.14. The minimum Gasteiger partial charge on any atom is -0.496 e. The Labute approximate surface area is 101 Å². The fraction of sp³-hybridized carbons (Fsp3) is 0.462. The van der Waals surface area contributed by atoms with Crippen LogP contribution in [0.1, 0.15) is 24.9 Å². The summed E-state index contributed by atoms with van der Waals surface area (Å²) in [6, 6.07) is 7.66. The van der Waals surface area contributed by atoms with E-state index in [9.17, 15) is 4.79 Å². The molecule has 1 aliphatic heterocycles. The Bertz CT molecular complexity index is 405. The van der Waals surface area contributed by atoms with Gasteiger partial charge in [0.25, 0.3) is 0 Å². The van der Waals surface area contributed by atoms with Crippen molar-refractivity contribution < 1.29 is 14.3 Å². The molecule has 92 valence electrons. The van der Waals surface area contributed by atoms with Crippen molar-refractivity contribution in [2.75, 3.05) is 13.7 Å². The fourth-order valence-electron chi connectivity index (χ4n) is 2.06. The molecule has 1 heterocycles. The molecule has 0 spiro atoms. The van der Waals surface area contributed by atoms with Gasteiger partial charge in [-0.1, -0.05) is 18.2 Å². The standard InChI is InChI=1S/C13H17NO3/c1-9(14-11-7-8-17-13(11)15)10-5-3-4-6-12(10)16-2/h3-6,9,11,14H,7-8H2,1-2H3. The van der Waals surface area contributed by atoms with Crippen molar-refractivity contribution in [3.05, 3.63) is 29.8 Å².